The van der Waals surface area contributed by atoms with Crippen LogP contribution in [0.1, 0.15) is 124 Å². The lowest BCUT2D eigenvalue weighted by Crippen LogP contribution is -2.40. The van der Waals surface area contributed by atoms with E-state index in [1.165, 1.54) is 18.5 Å². The van der Waals surface area contributed by atoms with Gasteiger partial charge in [0.1, 0.15) is 17.4 Å². The number of pyridine rings is 2. The molecule has 1 amide bonds. The molecule has 3 aliphatic rings. The van der Waals surface area contributed by atoms with Crippen molar-refractivity contribution in [1.29, 1.82) is 0 Å². The van der Waals surface area contributed by atoms with E-state index >= 15 is 0 Å². The molecule has 1 N–H and O–H groups in total. The lowest BCUT2D eigenvalue weighted by Gasteiger charge is -2.36. The Morgan fingerprint density at radius 3 is 2.67 bits per heavy atom. The summed E-state index contributed by atoms with van der Waals surface area (Å²) in [5, 5.41) is 4.29. The Kier molecular flexibility index (Phi) is 8.40. The first-order chi connectivity index (χ1) is 22.4. The Morgan fingerprint density at radius 2 is 1.87 bits per heavy atom. The SMILES string of the molecule is CCC(=O)CCCCC[C@@H](NC(=O)C1CCC2(CC1)OC(=O)c1ncccc12)c1ncc(-c2ccc3nc(C4CC4)ccc3c2)o1. The molecule has 1 atom stereocenters. The molecule has 4 aromatic rings. The van der Waals surface area contributed by atoms with E-state index in [2.05, 4.69) is 33.5 Å². The quantitative estimate of drug-likeness (QED) is 0.127. The minimum Gasteiger partial charge on any atom is -0.449 e. The van der Waals surface area contributed by atoms with E-state index < -0.39 is 11.6 Å². The molecule has 1 aromatic carbocycles. The van der Waals surface area contributed by atoms with Gasteiger partial charge in [0.2, 0.25) is 11.8 Å². The van der Waals surface area contributed by atoms with Crippen molar-refractivity contribution in [3.05, 3.63) is 77.7 Å². The Bertz CT molecular complexity index is 1770. The monoisotopic (exact) mass is 620 g/mol. The fraction of sp³-hybridized carbons (Fsp3) is 0.459. The van der Waals surface area contributed by atoms with E-state index in [-0.39, 0.29) is 23.6 Å². The molecule has 46 heavy (non-hydrogen) atoms. The standard InChI is InChI=1S/C37H40N4O5/c1-2-27(42)7-4-3-5-9-31(41-34(43)24-16-18-37(19-17-24)28-8-6-20-38-33(28)36(44)46-37)35-39-22-32(45-35)26-13-15-30-25(21-26)12-14-29(40-30)23-10-11-23/h6,8,12-15,20-24,31H,2-5,7,9-11,16-19H2,1H3,(H,41,43)/t24?,31-,37?/m1/s1. The number of rotatable bonds is 12. The second-order valence-electron chi connectivity index (χ2n) is 13.1. The van der Waals surface area contributed by atoms with Crippen LogP contribution in [0.2, 0.25) is 0 Å². The first-order valence-electron chi connectivity index (χ1n) is 16.8. The molecule has 1 spiro atoms. The van der Waals surface area contributed by atoms with Gasteiger partial charge in [-0.25, -0.2) is 14.8 Å². The smallest absolute Gasteiger partial charge is 0.358 e. The van der Waals surface area contributed by atoms with E-state index in [1.807, 2.05) is 31.2 Å². The van der Waals surface area contributed by atoms with Crippen LogP contribution in [-0.2, 0) is 19.9 Å². The number of ether oxygens (including phenoxy) is 1. The Labute approximate surface area is 268 Å². The van der Waals surface area contributed by atoms with E-state index in [9.17, 15) is 14.4 Å². The highest BCUT2D eigenvalue weighted by atomic mass is 16.6. The maximum Gasteiger partial charge on any atom is 0.358 e. The Balaban J connectivity index is 1.04. The van der Waals surface area contributed by atoms with Gasteiger partial charge in [-0.05, 0) is 81.7 Å². The Hall–Kier alpha value is -4.40. The predicted molar refractivity (Wildman–Crippen MR) is 172 cm³/mol. The van der Waals surface area contributed by atoms with E-state index in [0.717, 1.165) is 41.3 Å². The van der Waals surface area contributed by atoms with Crippen molar-refractivity contribution in [2.24, 2.45) is 5.92 Å². The number of ketones is 1. The summed E-state index contributed by atoms with van der Waals surface area (Å²) >= 11 is 0. The summed E-state index contributed by atoms with van der Waals surface area (Å²) in [6.07, 6.45) is 12.5. The van der Waals surface area contributed by atoms with Crippen molar-refractivity contribution >= 4 is 28.6 Å². The maximum absolute atomic E-state index is 13.7. The van der Waals surface area contributed by atoms with Gasteiger partial charge in [0.15, 0.2) is 11.5 Å². The molecule has 2 saturated carbocycles. The highest BCUT2D eigenvalue weighted by Gasteiger charge is 2.49. The lowest BCUT2D eigenvalue weighted by molar-refractivity contribution is -0.129. The van der Waals surface area contributed by atoms with E-state index in [1.54, 1.807) is 12.4 Å². The molecule has 4 heterocycles. The summed E-state index contributed by atoms with van der Waals surface area (Å²) in [6.45, 7) is 1.89. The second-order valence-corrected chi connectivity index (χ2v) is 13.1. The van der Waals surface area contributed by atoms with Gasteiger partial charge < -0.3 is 14.5 Å². The van der Waals surface area contributed by atoms with Crippen LogP contribution in [-0.4, -0.2) is 32.6 Å². The molecular weight excluding hydrogens is 580 g/mol. The molecule has 0 radical (unpaired) electrons. The van der Waals surface area contributed by atoms with Crippen LogP contribution < -0.4 is 5.32 Å². The summed E-state index contributed by atoms with van der Waals surface area (Å²) in [5.41, 5.74) is 3.57. The van der Waals surface area contributed by atoms with Crippen molar-refractivity contribution in [2.75, 3.05) is 0 Å². The first-order valence-corrected chi connectivity index (χ1v) is 16.8. The number of oxazole rings is 1. The molecule has 2 fully saturated rings. The number of carbonyl (C=O) groups excluding carboxylic acids is 3. The zero-order chi connectivity index (χ0) is 31.7. The lowest BCUT2D eigenvalue weighted by atomic mass is 9.75. The number of amides is 1. The molecule has 238 valence electrons. The summed E-state index contributed by atoms with van der Waals surface area (Å²) in [4.78, 5) is 51.6. The van der Waals surface area contributed by atoms with Crippen LogP contribution in [0.5, 0.6) is 0 Å². The van der Waals surface area contributed by atoms with Crippen LogP contribution >= 0.6 is 0 Å². The number of esters is 1. The summed E-state index contributed by atoms with van der Waals surface area (Å²) < 4.78 is 12.2. The van der Waals surface area contributed by atoms with E-state index in [4.69, 9.17) is 14.1 Å². The molecule has 1 aliphatic heterocycles. The van der Waals surface area contributed by atoms with Crippen LogP contribution in [0.4, 0.5) is 0 Å². The topological polar surface area (TPSA) is 124 Å². The normalized spacial score (nSPS) is 21.2. The first kappa shape index (κ1) is 30.3. The van der Waals surface area contributed by atoms with Crippen molar-refractivity contribution in [3.63, 3.8) is 0 Å². The minimum absolute atomic E-state index is 0.0419. The molecular formula is C37H40N4O5. The van der Waals surface area contributed by atoms with Gasteiger partial charge in [-0.2, -0.15) is 0 Å². The number of hydrogen-bond donors (Lipinski definition) is 1. The molecule has 2 aliphatic carbocycles. The number of carbonyl (C=O) groups is 3. The third-order valence-corrected chi connectivity index (χ3v) is 9.92. The van der Waals surface area contributed by atoms with Crippen molar-refractivity contribution in [3.8, 4) is 11.3 Å². The second kappa shape index (κ2) is 12.8. The number of benzene rings is 1. The average molecular weight is 621 g/mol. The number of aromatic nitrogens is 3. The van der Waals surface area contributed by atoms with Gasteiger partial charge in [-0.3, -0.25) is 14.6 Å². The molecule has 9 heteroatoms. The Morgan fingerprint density at radius 1 is 1.02 bits per heavy atom. The van der Waals surface area contributed by atoms with Crippen molar-refractivity contribution < 1.29 is 23.5 Å². The molecule has 0 unspecified atom stereocenters. The third kappa shape index (κ3) is 6.19. The maximum atomic E-state index is 13.7. The van der Waals surface area contributed by atoms with Crippen LogP contribution in [0.25, 0.3) is 22.2 Å². The molecule has 0 bridgehead atoms. The van der Waals surface area contributed by atoms with Crippen molar-refractivity contribution in [1.82, 2.24) is 20.3 Å². The summed E-state index contributed by atoms with van der Waals surface area (Å²) in [6, 6.07) is 13.7. The number of unbranched alkanes of at least 4 members (excludes halogenated alkanes) is 2. The van der Waals surface area contributed by atoms with Gasteiger partial charge in [0.25, 0.3) is 0 Å². The van der Waals surface area contributed by atoms with Crippen molar-refractivity contribution in [2.45, 2.75) is 102 Å². The number of Topliss-reactive ketones (excluding diaryl/α,β-unsaturated/α-hetero) is 1. The van der Waals surface area contributed by atoms with Gasteiger partial charge in [0, 0.05) is 53.1 Å². The van der Waals surface area contributed by atoms with Gasteiger partial charge in [-0.1, -0.05) is 31.9 Å². The highest BCUT2D eigenvalue weighted by Crippen LogP contribution is 2.47. The van der Waals surface area contributed by atoms with Crippen LogP contribution in [0.3, 0.4) is 0 Å². The molecule has 7 rings (SSSR count). The van der Waals surface area contributed by atoms with E-state index in [0.29, 0.717) is 68.2 Å². The summed E-state index contributed by atoms with van der Waals surface area (Å²) in [5.74, 6) is 1.36. The fourth-order valence-electron chi connectivity index (χ4n) is 6.99. The fourth-order valence-corrected chi connectivity index (χ4v) is 6.99. The predicted octanol–water partition coefficient (Wildman–Crippen LogP) is 7.51. The minimum atomic E-state index is -0.695. The van der Waals surface area contributed by atoms with Crippen LogP contribution in [0, 0.1) is 5.92 Å². The molecule has 9 nitrogen and oxygen atoms in total. The van der Waals surface area contributed by atoms with Gasteiger partial charge >= 0.3 is 5.97 Å². The largest absolute Gasteiger partial charge is 0.449 e. The highest BCUT2D eigenvalue weighted by molar-refractivity contribution is 5.92. The number of fused-ring (bicyclic) bond motifs is 3. The van der Waals surface area contributed by atoms with Gasteiger partial charge in [-0.15, -0.1) is 0 Å². The third-order valence-electron chi connectivity index (χ3n) is 9.92. The average Bonchev–Trinajstić information content (AvgIpc) is 3.76. The number of hydrogen-bond acceptors (Lipinski definition) is 8. The van der Waals surface area contributed by atoms with Crippen LogP contribution in [0.15, 0.2) is 59.3 Å². The molecule has 0 saturated heterocycles. The number of nitrogens with zero attached hydrogens (tertiary/aromatic N) is 3. The summed E-state index contributed by atoms with van der Waals surface area (Å²) in [7, 11) is 0. The zero-order valence-corrected chi connectivity index (χ0v) is 26.3. The zero-order valence-electron chi connectivity index (χ0n) is 26.3. The molecule has 3 aromatic heterocycles. The number of nitrogens with one attached hydrogen (secondary N) is 1. The van der Waals surface area contributed by atoms with Gasteiger partial charge in [0.05, 0.1) is 11.7 Å².